The van der Waals surface area contributed by atoms with Gasteiger partial charge in [0.15, 0.2) is 0 Å². The average Bonchev–Trinajstić information content (AvgIpc) is 2.62. The Morgan fingerprint density at radius 3 is 2.69 bits per heavy atom. The molecule has 0 spiro atoms. The summed E-state index contributed by atoms with van der Waals surface area (Å²) in [6.07, 6.45) is 6.47. The van der Waals surface area contributed by atoms with Crippen LogP contribution in [0.1, 0.15) is 19.8 Å². The second kappa shape index (κ2) is 3.02. The summed E-state index contributed by atoms with van der Waals surface area (Å²) in [6.45, 7) is 5.28. The minimum atomic E-state index is -0.0932. The number of hydrogen-bond donors (Lipinski definition) is 0. The molecule has 2 nitrogen and oxygen atoms in total. The van der Waals surface area contributed by atoms with Gasteiger partial charge in [0, 0.05) is 0 Å². The maximum absolute atomic E-state index is 11.5. The molecule has 13 heavy (non-hydrogen) atoms. The zero-order valence-corrected chi connectivity index (χ0v) is 7.82. The molecule has 0 aromatic carbocycles. The van der Waals surface area contributed by atoms with Crippen LogP contribution in [0.3, 0.4) is 0 Å². The van der Waals surface area contributed by atoms with Crippen LogP contribution in [0.25, 0.3) is 0 Å². The fourth-order valence-electron chi connectivity index (χ4n) is 2.30. The molecule has 0 saturated heterocycles. The lowest BCUT2D eigenvalue weighted by Crippen LogP contribution is -2.20. The molecule has 0 amide bonds. The number of esters is 1. The van der Waals surface area contributed by atoms with Gasteiger partial charge in [-0.25, -0.2) is 0 Å². The molecule has 0 aromatic heterocycles. The van der Waals surface area contributed by atoms with Gasteiger partial charge in [-0.05, 0) is 31.6 Å². The number of carbonyl (C=O) groups excluding carboxylic acids is 1. The molecule has 0 heterocycles. The quantitative estimate of drug-likeness (QED) is 0.368. The fourth-order valence-corrected chi connectivity index (χ4v) is 2.30. The third-order valence-corrected chi connectivity index (χ3v) is 2.86. The van der Waals surface area contributed by atoms with E-state index in [0.717, 1.165) is 12.8 Å². The van der Waals surface area contributed by atoms with Crippen molar-refractivity contribution in [3.05, 3.63) is 24.5 Å². The molecule has 2 aliphatic rings. The van der Waals surface area contributed by atoms with Crippen LogP contribution in [-0.2, 0) is 9.53 Å². The van der Waals surface area contributed by atoms with Crippen LogP contribution in [0, 0.1) is 17.8 Å². The Balaban J connectivity index is 1.99. The van der Waals surface area contributed by atoms with Crippen LogP contribution >= 0.6 is 0 Å². The lowest BCUT2D eigenvalue weighted by atomic mass is 9.94. The standard InChI is InChI=1S/C11H14O2/c1-7(2)13-11(12)10-6-8-3-4-9(10)5-8/h3-4,8-10H,1,5-6H2,2H3. The van der Waals surface area contributed by atoms with E-state index >= 15 is 0 Å². The first-order valence-electron chi connectivity index (χ1n) is 4.72. The van der Waals surface area contributed by atoms with Crippen LogP contribution in [-0.4, -0.2) is 5.97 Å². The molecule has 0 aromatic rings. The molecular formula is C11H14O2. The van der Waals surface area contributed by atoms with Crippen LogP contribution in [0.2, 0.25) is 0 Å². The molecule has 2 rings (SSSR count). The van der Waals surface area contributed by atoms with Crippen LogP contribution < -0.4 is 0 Å². The number of ether oxygens (including phenoxy) is 1. The Morgan fingerprint density at radius 1 is 1.46 bits per heavy atom. The first-order valence-corrected chi connectivity index (χ1v) is 4.72. The van der Waals surface area contributed by atoms with Crippen molar-refractivity contribution in [3.8, 4) is 0 Å². The molecule has 70 valence electrons. The van der Waals surface area contributed by atoms with E-state index in [4.69, 9.17) is 4.74 Å². The highest BCUT2D eigenvalue weighted by Gasteiger charge is 2.40. The predicted octanol–water partition coefficient (Wildman–Crippen LogP) is 2.28. The second-order valence-corrected chi connectivity index (χ2v) is 4.01. The normalized spacial score (nSPS) is 35.0. The van der Waals surface area contributed by atoms with E-state index in [9.17, 15) is 4.79 Å². The summed E-state index contributed by atoms with van der Waals surface area (Å²) in [5.74, 6) is 1.54. The van der Waals surface area contributed by atoms with Gasteiger partial charge in [0.05, 0.1) is 11.7 Å². The molecule has 3 unspecified atom stereocenters. The summed E-state index contributed by atoms with van der Waals surface area (Å²) in [5, 5.41) is 0. The van der Waals surface area contributed by atoms with Gasteiger partial charge in [0.2, 0.25) is 0 Å². The third kappa shape index (κ3) is 1.53. The lowest BCUT2D eigenvalue weighted by Gasteiger charge is -2.16. The zero-order valence-electron chi connectivity index (χ0n) is 7.82. The van der Waals surface area contributed by atoms with Crippen molar-refractivity contribution in [1.29, 1.82) is 0 Å². The van der Waals surface area contributed by atoms with Gasteiger partial charge in [0.25, 0.3) is 0 Å². The van der Waals surface area contributed by atoms with Crippen molar-refractivity contribution in [2.45, 2.75) is 19.8 Å². The largest absolute Gasteiger partial charge is 0.432 e. The van der Waals surface area contributed by atoms with Gasteiger partial charge in [-0.2, -0.15) is 0 Å². The molecule has 0 aliphatic heterocycles. The summed E-state index contributed by atoms with van der Waals surface area (Å²) < 4.78 is 5.02. The van der Waals surface area contributed by atoms with Gasteiger partial charge in [-0.3, -0.25) is 4.79 Å². The predicted molar refractivity (Wildman–Crippen MR) is 49.8 cm³/mol. The van der Waals surface area contributed by atoms with Crippen LogP contribution in [0.15, 0.2) is 24.5 Å². The van der Waals surface area contributed by atoms with E-state index in [0.29, 0.717) is 17.6 Å². The number of rotatable bonds is 2. The summed E-state index contributed by atoms with van der Waals surface area (Å²) in [6, 6.07) is 0. The number of hydrogen-bond acceptors (Lipinski definition) is 2. The first-order chi connectivity index (χ1) is 6.16. The molecule has 1 fully saturated rings. The van der Waals surface area contributed by atoms with Crippen molar-refractivity contribution in [2.24, 2.45) is 17.8 Å². The highest BCUT2D eigenvalue weighted by Crippen LogP contribution is 2.43. The van der Waals surface area contributed by atoms with Crippen LogP contribution in [0.4, 0.5) is 0 Å². The minimum absolute atomic E-state index is 0.0895. The average molecular weight is 178 g/mol. The molecular weight excluding hydrogens is 164 g/mol. The molecule has 1 saturated carbocycles. The van der Waals surface area contributed by atoms with Gasteiger partial charge < -0.3 is 4.74 Å². The maximum atomic E-state index is 11.5. The maximum Gasteiger partial charge on any atom is 0.314 e. The van der Waals surface area contributed by atoms with Crippen molar-refractivity contribution in [1.82, 2.24) is 0 Å². The molecule has 0 N–H and O–H groups in total. The Bertz CT molecular complexity index is 278. The van der Waals surface area contributed by atoms with E-state index in [1.54, 1.807) is 6.92 Å². The zero-order chi connectivity index (χ0) is 9.42. The van der Waals surface area contributed by atoms with Crippen molar-refractivity contribution >= 4 is 5.97 Å². The summed E-state index contributed by atoms with van der Waals surface area (Å²) >= 11 is 0. The van der Waals surface area contributed by atoms with Gasteiger partial charge in [-0.1, -0.05) is 18.7 Å². The molecule has 3 atom stereocenters. The first kappa shape index (κ1) is 8.54. The van der Waals surface area contributed by atoms with E-state index in [2.05, 4.69) is 18.7 Å². The molecule has 2 aliphatic carbocycles. The number of carbonyl (C=O) groups is 1. The second-order valence-electron chi connectivity index (χ2n) is 4.01. The van der Waals surface area contributed by atoms with E-state index in [1.807, 2.05) is 0 Å². The highest BCUT2D eigenvalue weighted by molar-refractivity contribution is 5.75. The van der Waals surface area contributed by atoms with Gasteiger partial charge in [0.1, 0.15) is 0 Å². The van der Waals surface area contributed by atoms with Crippen molar-refractivity contribution in [2.75, 3.05) is 0 Å². The molecule has 2 bridgehead atoms. The highest BCUT2D eigenvalue weighted by atomic mass is 16.5. The Hall–Kier alpha value is -1.05. The minimum Gasteiger partial charge on any atom is -0.432 e. The monoisotopic (exact) mass is 178 g/mol. The van der Waals surface area contributed by atoms with Crippen molar-refractivity contribution in [3.63, 3.8) is 0 Å². The van der Waals surface area contributed by atoms with E-state index in [-0.39, 0.29) is 11.9 Å². The number of fused-ring (bicyclic) bond motifs is 2. The van der Waals surface area contributed by atoms with Crippen molar-refractivity contribution < 1.29 is 9.53 Å². The van der Waals surface area contributed by atoms with Crippen LogP contribution in [0.5, 0.6) is 0 Å². The number of allylic oxidation sites excluding steroid dienone is 3. The Kier molecular flexibility index (Phi) is 1.98. The van der Waals surface area contributed by atoms with E-state index < -0.39 is 0 Å². The molecule has 2 heteroatoms. The van der Waals surface area contributed by atoms with Gasteiger partial charge in [-0.15, -0.1) is 0 Å². The summed E-state index contributed by atoms with van der Waals surface area (Å²) in [4.78, 5) is 11.5. The summed E-state index contributed by atoms with van der Waals surface area (Å²) in [5.41, 5.74) is 0. The SMILES string of the molecule is C=C(C)OC(=O)C1CC2C=CC1C2. The fraction of sp³-hybridized carbons (Fsp3) is 0.545. The Labute approximate surface area is 78.3 Å². The smallest absolute Gasteiger partial charge is 0.314 e. The van der Waals surface area contributed by atoms with E-state index in [1.165, 1.54) is 0 Å². The van der Waals surface area contributed by atoms with Gasteiger partial charge >= 0.3 is 5.97 Å². The Morgan fingerprint density at radius 2 is 2.23 bits per heavy atom. The lowest BCUT2D eigenvalue weighted by molar-refractivity contribution is -0.144. The summed E-state index contributed by atoms with van der Waals surface area (Å²) in [7, 11) is 0. The molecule has 0 radical (unpaired) electrons. The topological polar surface area (TPSA) is 26.3 Å². The third-order valence-electron chi connectivity index (χ3n) is 2.86.